The maximum absolute atomic E-state index is 12.9. The number of carbonyl (C=O) groups excluding carboxylic acids is 1. The van der Waals surface area contributed by atoms with Gasteiger partial charge in [-0.2, -0.15) is 0 Å². The second-order valence-electron chi connectivity index (χ2n) is 6.72. The number of methoxy groups -OCH3 is 1. The zero-order valence-electron chi connectivity index (χ0n) is 16.0. The quantitative estimate of drug-likeness (QED) is 0.458. The molecule has 5 rings (SSSR count). The Hall–Kier alpha value is -3.65. The smallest absolute Gasteiger partial charge is 0.271 e. The van der Waals surface area contributed by atoms with Gasteiger partial charge in [0, 0.05) is 10.4 Å². The molecule has 0 unspecified atom stereocenters. The highest BCUT2D eigenvalue weighted by Gasteiger charge is 2.18. The zero-order valence-corrected chi connectivity index (χ0v) is 16.8. The first-order chi connectivity index (χ1) is 14.6. The molecule has 2 aromatic heterocycles. The fraction of sp³-hybridized carbons (Fsp3) is 0.136. The first kappa shape index (κ1) is 18.4. The van der Waals surface area contributed by atoms with Crippen LogP contribution in [0, 0.1) is 0 Å². The minimum atomic E-state index is -0.237. The summed E-state index contributed by atoms with van der Waals surface area (Å²) in [5.74, 6) is 1.70. The predicted molar refractivity (Wildman–Crippen MR) is 113 cm³/mol. The van der Waals surface area contributed by atoms with Crippen molar-refractivity contribution < 1.29 is 19.0 Å². The van der Waals surface area contributed by atoms with Crippen LogP contribution in [0.5, 0.6) is 17.2 Å². The van der Waals surface area contributed by atoms with E-state index in [0.717, 1.165) is 16.2 Å². The van der Waals surface area contributed by atoms with Crippen molar-refractivity contribution in [3.05, 3.63) is 70.8 Å². The standard InChI is InChI=1S/C22H16N2O5S/c1-27-15-5-2-13(3-6-15)20-9-16-21(30-20)22(26)24(11-23-16)10-17(25)14-4-7-18-19(8-14)29-12-28-18/h2-9,11H,10,12H2,1H3. The van der Waals surface area contributed by atoms with E-state index >= 15 is 0 Å². The van der Waals surface area contributed by atoms with Crippen LogP contribution >= 0.6 is 11.3 Å². The molecule has 1 aliphatic rings. The van der Waals surface area contributed by atoms with Crippen LogP contribution in [0.1, 0.15) is 10.4 Å². The molecule has 0 amide bonds. The molecule has 0 aliphatic carbocycles. The number of hydrogen-bond acceptors (Lipinski definition) is 7. The van der Waals surface area contributed by atoms with E-state index in [9.17, 15) is 9.59 Å². The van der Waals surface area contributed by atoms with Gasteiger partial charge in [-0.15, -0.1) is 11.3 Å². The van der Waals surface area contributed by atoms with Crippen molar-refractivity contribution in [2.24, 2.45) is 0 Å². The molecule has 3 heterocycles. The van der Waals surface area contributed by atoms with Crippen LogP contribution in [0.15, 0.2) is 59.7 Å². The summed E-state index contributed by atoms with van der Waals surface area (Å²) in [6.07, 6.45) is 1.42. The fourth-order valence-corrected chi connectivity index (χ4v) is 4.34. The van der Waals surface area contributed by atoms with Gasteiger partial charge in [0.05, 0.1) is 25.5 Å². The first-order valence-electron chi connectivity index (χ1n) is 9.18. The third kappa shape index (κ3) is 3.21. The molecule has 0 N–H and O–H groups in total. The van der Waals surface area contributed by atoms with Gasteiger partial charge in [-0.1, -0.05) is 0 Å². The average Bonchev–Trinajstić information content (AvgIpc) is 3.42. The van der Waals surface area contributed by atoms with Crippen LogP contribution < -0.4 is 19.8 Å². The van der Waals surface area contributed by atoms with E-state index in [1.165, 1.54) is 22.2 Å². The molecule has 0 saturated carbocycles. The Morgan fingerprint density at radius 2 is 1.93 bits per heavy atom. The molecule has 150 valence electrons. The summed E-state index contributed by atoms with van der Waals surface area (Å²) in [6.45, 7) is 0.0408. The lowest BCUT2D eigenvalue weighted by Crippen LogP contribution is -2.24. The van der Waals surface area contributed by atoms with Crippen molar-refractivity contribution in [1.29, 1.82) is 0 Å². The second kappa shape index (κ2) is 7.31. The fourth-order valence-electron chi connectivity index (χ4n) is 3.27. The summed E-state index contributed by atoms with van der Waals surface area (Å²) >= 11 is 1.36. The monoisotopic (exact) mass is 420 g/mol. The van der Waals surface area contributed by atoms with Crippen molar-refractivity contribution in [3.63, 3.8) is 0 Å². The highest BCUT2D eigenvalue weighted by molar-refractivity contribution is 7.22. The Morgan fingerprint density at radius 3 is 2.73 bits per heavy atom. The molecule has 1 aliphatic heterocycles. The summed E-state index contributed by atoms with van der Waals surface area (Å²) in [5, 5.41) is 0. The van der Waals surface area contributed by atoms with Gasteiger partial charge in [0.2, 0.25) is 6.79 Å². The molecule has 0 spiro atoms. The van der Waals surface area contributed by atoms with Gasteiger partial charge in [-0.25, -0.2) is 4.98 Å². The van der Waals surface area contributed by atoms with Crippen LogP contribution in [0.3, 0.4) is 0 Å². The molecule has 0 fully saturated rings. The minimum Gasteiger partial charge on any atom is -0.497 e. The van der Waals surface area contributed by atoms with Gasteiger partial charge in [-0.3, -0.25) is 14.2 Å². The lowest BCUT2D eigenvalue weighted by atomic mass is 10.1. The van der Waals surface area contributed by atoms with Gasteiger partial charge < -0.3 is 14.2 Å². The number of nitrogens with zero attached hydrogens (tertiary/aromatic N) is 2. The van der Waals surface area contributed by atoms with Gasteiger partial charge in [0.15, 0.2) is 17.3 Å². The van der Waals surface area contributed by atoms with Crippen LogP contribution in [-0.4, -0.2) is 29.2 Å². The van der Waals surface area contributed by atoms with E-state index in [1.807, 2.05) is 30.3 Å². The van der Waals surface area contributed by atoms with Crippen molar-refractivity contribution >= 4 is 27.3 Å². The molecule has 2 aromatic carbocycles. The van der Waals surface area contributed by atoms with Gasteiger partial charge in [0.25, 0.3) is 5.56 Å². The van der Waals surface area contributed by atoms with Gasteiger partial charge in [0.1, 0.15) is 10.4 Å². The number of rotatable bonds is 5. The van der Waals surface area contributed by atoms with Crippen LogP contribution in [-0.2, 0) is 6.54 Å². The topological polar surface area (TPSA) is 79.7 Å². The van der Waals surface area contributed by atoms with Gasteiger partial charge in [-0.05, 0) is 54.1 Å². The number of thiophene rings is 1. The molecule has 0 bridgehead atoms. The lowest BCUT2D eigenvalue weighted by molar-refractivity contribution is 0.0970. The van der Waals surface area contributed by atoms with Crippen molar-refractivity contribution in [1.82, 2.24) is 9.55 Å². The molecule has 0 radical (unpaired) electrons. The molecule has 30 heavy (non-hydrogen) atoms. The number of ketones is 1. The highest BCUT2D eigenvalue weighted by atomic mass is 32.1. The Labute approximate surface area is 175 Å². The van der Waals surface area contributed by atoms with Crippen molar-refractivity contribution in [2.75, 3.05) is 13.9 Å². The molecule has 7 nitrogen and oxygen atoms in total. The number of benzene rings is 2. The summed E-state index contributed by atoms with van der Waals surface area (Å²) in [4.78, 5) is 30.9. The Morgan fingerprint density at radius 1 is 1.13 bits per heavy atom. The Balaban J connectivity index is 1.44. The van der Waals surface area contributed by atoms with E-state index in [1.54, 1.807) is 25.3 Å². The SMILES string of the molecule is COc1ccc(-c2cc3ncn(CC(=O)c4ccc5c(c4)OCO5)c(=O)c3s2)cc1. The molecule has 0 atom stereocenters. The van der Waals surface area contributed by atoms with E-state index in [-0.39, 0.29) is 24.7 Å². The minimum absolute atomic E-state index is 0.100. The van der Waals surface area contributed by atoms with Crippen LogP contribution in [0.25, 0.3) is 20.7 Å². The van der Waals surface area contributed by atoms with Crippen molar-refractivity contribution in [2.45, 2.75) is 6.54 Å². The van der Waals surface area contributed by atoms with Crippen LogP contribution in [0.4, 0.5) is 0 Å². The van der Waals surface area contributed by atoms with E-state index in [2.05, 4.69) is 4.98 Å². The Kier molecular flexibility index (Phi) is 4.48. The second-order valence-corrected chi connectivity index (χ2v) is 7.77. The Bertz CT molecular complexity index is 1320. The maximum Gasteiger partial charge on any atom is 0.271 e. The molecule has 8 heteroatoms. The number of carbonyl (C=O) groups is 1. The first-order valence-corrected chi connectivity index (χ1v) is 10.0. The average molecular weight is 420 g/mol. The van der Waals surface area contributed by atoms with E-state index < -0.39 is 0 Å². The normalized spacial score (nSPS) is 12.3. The van der Waals surface area contributed by atoms with Crippen LogP contribution in [0.2, 0.25) is 0 Å². The molecule has 4 aromatic rings. The highest BCUT2D eigenvalue weighted by Crippen LogP contribution is 2.33. The third-order valence-corrected chi connectivity index (χ3v) is 6.05. The number of ether oxygens (including phenoxy) is 3. The molecular formula is C22H16N2O5S. The lowest BCUT2D eigenvalue weighted by Gasteiger charge is -2.05. The van der Waals surface area contributed by atoms with Crippen molar-refractivity contribution in [3.8, 4) is 27.7 Å². The largest absolute Gasteiger partial charge is 0.497 e. The molecule has 0 saturated heterocycles. The third-order valence-electron chi connectivity index (χ3n) is 4.89. The van der Waals surface area contributed by atoms with E-state index in [0.29, 0.717) is 27.3 Å². The predicted octanol–water partition coefficient (Wildman–Crippen LogP) is 3.75. The zero-order chi connectivity index (χ0) is 20.7. The number of fused-ring (bicyclic) bond motifs is 2. The summed E-state index contributed by atoms with van der Waals surface area (Å²) in [6, 6.07) is 14.5. The summed E-state index contributed by atoms with van der Waals surface area (Å²) in [7, 11) is 1.62. The maximum atomic E-state index is 12.9. The number of aromatic nitrogens is 2. The van der Waals surface area contributed by atoms with Gasteiger partial charge >= 0.3 is 0 Å². The molecular weight excluding hydrogens is 404 g/mol. The van der Waals surface area contributed by atoms with E-state index in [4.69, 9.17) is 14.2 Å². The summed E-state index contributed by atoms with van der Waals surface area (Å²) in [5.41, 5.74) is 1.80. The number of Topliss-reactive ketones (excluding diaryl/α,β-unsaturated/α-hetero) is 1. The summed E-state index contributed by atoms with van der Waals surface area (Å²) < 4.78 is 17.6. The number of hydrogen-bond donors (Lipinski definition) is 0.